The number of hydrogen-bond acceptors (Lipinski definition) is 2. The van der Waals surface area contributed by atoms with Crippen molar-refractivity contribution in [2.75, 3.05) is 7.05 Å². The standard InChI is InChI=1S/C15H15Cl2NO/c1-10-3-4-11(9-18-2)7-14(10)19-15-8-12(16)5-6-13(15)17/h3-8,18H,9H2,1-2H3. The predicted molar refractivity (Wildman–Crippen MR) is 80.5 cm³/mol. The van der Waals surface area contributed by atoms with Crippen LogP contribution in [0.1, 0.15) is 11.1 Å². The van der Waals surface area contributed by atoms with Gasteiger partial charge >= 0.3 is 0 Å². The Bertz CT molecular complexity index is 584. The summed E-state index contributed by atoms with van der Waals surface area (Å²) in [5.41, 5.74) is 2.21. The lowest BCUT2D eigenvalue weighted by molar-refractivity contribution is 0.478. The third-order valence-corrected chi connectivity index (χ3v) is 3.29. The number of rotatable bonds is 4. The molecule has 0 fully saturated rings. The number of hydrogen-bond donors (Lipinski definition) is 1. The lowest BCUT2D eigenvalue weighted by Gasteiger charge is -2.12. The highest BCUT2D eigenvalue weighted by Crippen LogP contribution is 2.33. The molecule has 0 atom stereocenters. The van der Waals surface area contributed by atoms with Gasteiger partial charge in [-0.3, -0.25) is 0 Å². The van der Waals surface area contributed by atoms with Crippen molar-refractivity contribution in [2.24, 2.45) is 0 Å². The van der Waals surface area contributed by atoms with Crippen molar-refractivity contribution in [3.8, 4) is 11.5 Å². The van der Waals surface area contributed by atoms with E-state index in [4.69, 9.17) is 27.9 Å². The molecule has 0 amide bonds. The average Bonchev–Trinajstić information content (AvgIpc) is 2.38. The average molecular weight is 296 g/mol. The van der Waals surface area contributed by atoms with E-state index < -0.39 is 0 Å². The molecule has 0 spiro atoms. The van der Waals surface area contributed by atoms with Gasteiger partial charge in [-0.1, -0.05) is 35.3 Å². The Labute approximate surface area is 123 Å². The van der Waals surface area contributed by atoms with Crippen LogP contribution in [0.5, 0.6) is 11.5 Å². The van der Waals surface area contributed by atoms with Gasteiger partial charge in [0.05, 0.1) is 5.02 Å². The predicted octanol–water partition coefficient (Wildman–Crippen LogP) is 4.81. The summed E-state index contributed by atoms with van der Waals surface area (Å²) in [7, 11) is 1.91. The van der Waals surface area contributed by atoms with Crippen molar-refractivity contribution in [3.05, 3.63) is 57.6 Å². The van der Waals surface area contributed by atoms with Crippen molar-refractivity contribution in [1.82, 2.24) is 5.32 Å². The van der Waals surface area contributed by atoms with Gasteiger partial charge in [0.15, 0.2) is 0 Å². The second-order valence-corrected chi connectivity index (χ2v) is 5.15. The highest BCUT2D eigenvalue weighted by atomic mass is 35.5. The fourth-order valence-electron chi connectivity index (χ4n) is 1.74. The molecule has 0 aliphatic heterocycles. The molecule has 0 aromatic heterocycles. The Balaban J connectivity index is 2.31. The van der Waals surface area contributed by atoms with Crippen LogP contribution in [0.15, 0.2) is 36.4 Å². The number of aryl methyl sites for hydroxylation is 1. The monoisotopic (exact) mass is 295 g/mol. The minimum atomic E-state index is 0.544. The fraction of sp³-hybridized carbons (Fsp3) is 0.200. The van der Waals surface area contributed by atoms with Crippen molar-refractivity contribution in [1.29, 1.82) is 0 Å². The molecule has 0 aliphatic rings. The minimum Gasteiger partial charge on any atom is -0.455 e. The van der Waals surface area contributed by atoms with Gasteiger partial charge in [0, 0.05) is 17.6 Å². The van der Waals surface area contributed by atoms with Gasteiger partial charge in [-0.15, -0.1) is 0 Å². The Hall–Kier alpha value is -1.22. The lowest BCUT2D eigenvalue weighted by Crippen LogP contribution is -2.05. The summed E-state index contributed by atoms with van der Waals surface area (Å²) in [5, 5.41) is 4.26. The Morgan fingerprint density at radius 2 is 1.84 bits per heavy atom. The molecule has 0 unspecified atom stereocenters. The van der Waals surface area contributed by atoms with Gasteiger partial charge in [-0.05, 0) is 43.3 Å². The molecule has 4 heteroatoms. The highest BCUT2D eigenvalue weighted by Gasteiger charge is 2.07. The fourth-order valence-corrected chi connectivity index (χ4v) is 2.06. The molecular weight excluding hydrogens is 281 g/mol. The summed E-state index contributed by atoms with van der Waals surface area (Å²) in [6, 6.07) is 11.3. The molecule has 0 bridgehead atoms. The van der Waals surface area contributed by atoms with Crippen LogP contribution in [0.3, 0.4) is 0 Å². The van der Waals surface area contributed by atoms with Crippen LogP contribution >= 0.6 is 23.2 Å². The molecule has 0 radical (unpaired) electrons. The van der Waals surface area contributed by atoms with E-state index in [1.54, 1.807) is 18.2 Å². The largest absolute Gasteiger partial charge is 0.455 e. The summed E-state index contributed by atoms with van der Waals surface area (Å²) in [6.07, 6.45) is 0. The number of nitrogens with one attached hydrogen (secondary N) is 1. The number of halogens is 2. The van der Waals surface area contributed by atoms with Crippen LogP contribution in [0.4, 0.5) is 0 Å². The van der Waals surface area contributed by atoms with Crippen molar-refractivity contribution in [3.63, 3.8) is 0 Å². The third kappa shape index (κ3) is 3.63. The van der Waals surface area contributed by atoms with E-state index in [0.29, 0.717) is 15.8 Å². The zero-order valence-corrected chi connectivity index (χ0v) is 12.3. The van der Waals surface area contributed by atoms with Gasteiger partial charge in [0.1, 0.15) is 11.5 Å². The topological polar surface area (TPSA) is 21.3 Å². The van der Waals surface area contributed by atoms with Gasteiger partial charge in [0.2, 0.25) is 0 Å². The smallest absolute Gasteiger partial charge is 0.147 e. The van der Waals surface area contributed by atoms with Crippen LogP contribution in [0.2, 0.25) is 10.0 Å². The van der Waals surface area contributed by atoms with E-state index in [2.05, 4.69) is 11.4 Å². The summed E-state index contributed by atoms with van der Waals surface area (Å²) in [5.74, 6) is 1.36. The van der Waals surface area contributed by atoms with E-state index in [9.17, 15) is 0 Å². The van der Waals surface area contributed by atoms with Crippen LogP contribution in [0, 0.1) is 6.92 Å². The molecular formula is C15H15Cl2NO. The van der Waals surface area contributed by atoms with E-state index in [-0.39, 0.29) is 0 Å². The molecule has 1 N–H and O–H groups in total. The van der Waals surface area contributed by atoms with Gasteiger partial charge in [-0.2, -0.15) is 0 Å². The zero-order chi connectivity index (χ0) is 13.8. The number of benzene rings is 2. The van der Waals surface area contributed by atoms with E-state index in [1.165, 1.54) is 0 Å². The molecule has 2 rings (SSSR count). The normalized spacial score (nSPS) is 10.5. The first-order valence-electron chi connectivity index (χ1n) is 5.97. The van der Waals surface area contributed by atoms with Crippen molar-refractivity contribution < 1.29 is 4.74 Å². The number of ether oxygens (including phenoxy) is 1. The Kier molecular flexibility index (Phi) is 4.70. The molecule has 100 valence electrons. The first-order valence-corrected chi connectivity index (χ1v) is 6.73. The van der Waals surface area contributed by atoms with Crippen LogP contribution in [-0.4, -0.2) is 7.05 Å². The van der Waals surface area contributed by atoms with E-state index >= 15 is 0 Å². The SMILES string of the molecule is CNCc1ccc(C)c(Oc2cc(Cl)ccc2Cl)c1. The molecule has 2 nitrogen and oxygen atoms in total. The maximum absolute atomic E-state index is 6.10. The molecule has 2 aromatic rings. The molecule has 0 heterocycles. The van der Waals surface area contributed by atoms with Crippen molar-refractivity contribution in [2.45, 2.75) is 13.5 Å². The summed E-state index contributed by atoms with van der Waals surface area (Å²) < 4.78 is 5.86. The minimum absolute atomic E-state index is 0.544. The summed E-state index contributed by atoms with van der Waals surface area (Å²) >= 11 is 12.1. The van der Waals surface area contributed by atoms with Crippen LogP contribution in [0.25, 0.3) is 0 Å². The summed E-state index contributed by atoms with van der Waals surface area (Å²) in [6.45, 7) is 2.79. The third-order valence-electron chi connectivity index (χ3n) is 2.75. The molecule has 19 heavy (non-hydrogen) atoms. The Morgan fingerprint density at radius 1 is 1.05 bits per heavy atom. The first kappa shape index (κ1) is 14.2. The van der Waals surface area contributed by atoms with Crippen molar-refractivity contribution >= 4 is 23.2 Å². The lowest BCUT2D eigenvalue weighted by atomic mass is 10.1. The van der Waals surface area contributed by atoms with Crippen LogP contribution < -0.4 is 10.1 Å². The Morgan fingerprint density at radius 3 is 2.58 bits per heavy atom. The van der Waals surface area contributed by atoms with Gasteiger partial charge in [-0.25, -0.2) is 0 Å². The zero-order valence-electron chi connectivity index (χ0n) is 10.8. The van der Waals surface area contributed by atoms with E-state index in [1.807, 2.05) is 26.1 Å². The van der Waals surface area contributed by atoms with Crippen LogP contribution in [-0.2, 0) is 6.54 Å². The molecule has 0 saturated carbocycles. The highest BCUT2D eigenvalue weighted by molar-refractivity contribution is 6.34. The maximum Gasteiger partial charge on any atom is 0.147 e. The van der Waals surface area contributed by atoms with Gasteiger partial charge < -0.3 is 10.1 Å². The second-order valence-electron chi connectivity index (χ2n) is 4.31. The molecule has 0 aliphatic carbocycles. The second kappa shape index (κ2) is 6.29. The quantitative estimate of drug-likeness (QED) is 0.874. The van der Waals surface area contributed by atoms with E-state index in [0.717, 1.165) is 23.4 Å². The van der Waals surface area contributed by atoms with Gasteiger partial charge in [0.25, 0.3) is 0 Å². The first-order chi connectivity index (χ1) is 9.10. The molecule has 0 saturated heterocycles. The molecule has 2 aromatic carbocycles. The maximum atomic E-state index is 6.10. The summed E-state index contributed by atoms with van der Waals surface area (Å²) in [4.78, 5) is 0.